The Bertz CT molecular complexity index is 603. The molecule has 1 N–H and O–H groups in total. The third-order valence-corrected chi connectivity index (χ3v) is 6.94. The second-order valence-corrected chi connectivity index (χ2v) is 8.54. The van der Waals surface area contributed by atoms with Crippen molar-refractivity contribution in [3.8, 4) is 0 Å². The van der Waals surface area contributed by atoms with E-state index >= 15 is 0 Å². The summed E-state index contributed by atoms with van der Waals surface area (Å²) >= 11 is 0. The molecule has 1 saturated carbocycles. The Balaban J connectivity index is 1.79. The van der Waals surface area contributed by atoms with Crippen LogP contribution in [0.15, 0.2) is 23.1 Å². The standard InChI is InChI=1S/C17H25NO2S/c1-18-17(14-5-2-3-6-14)12-21(19,20)16-10-9-13-7-4-8-15(13)11-16/h9-11,14,17-18H,2-8,12H2,1H3. The van der Waals surface area contributed by atoms with Crippen LogP contribution in [0.2, 0.25) is 0 Å². The molecule has 0 radical (unpaired) electrons. The lowest BCUT2D eigenvalue weighted by molar-refractivity contribution is 0.404. The Labute approximate surface area is 128 Å². The highest BCUT2D eigenvalue weighted by Crippen LogP contribution is 2.30. The first kappa shape index (κ1) is 15.0. The van der Waals surface area contributed by atoms with Gasteiger partial charge in [-0.15, -0.1) is 0 Å². The first-order valence-electron chi connectivity index (χ1n) is 8.12. The number of hydrogen-bond acceptors (Lipinski definition) is 3. The smallest absolute Gasteiger partial charge is 0.179 e. The first-order valence-corrected chi connectivity index (χ1v) is 9.77. The van der Waals surface area contributed by atoms with E-state index in [1.807, 2.05) is 19.2 Å². The highest BCUT2D eigenvalue weighted by molar-refractivity contribution is 7.91. The summed E-state index contributed by atoms with van der Waals surface area (Å²) in [5.74, 6) is 0.742. The molecule has 0 bridgehead atoms. The summed E-state index contributed by atoms with van der Waals surface area (Å²) < 4.78 is 25.4. The average molecular weight is 307 g/mol. The van der Waals surface area contributed by atoms with Crippen molar-refractivity contribution in [3.05, 3.63) is 29.3 Å². The van der Waals surface area contributed by atoms with E-state index in [4.69, 9.17) is 0 Å². The SMILES string of the molecule is CNC(CS(=O)(=O)c1ccc2c(c1)CCC2)C1CCCC1. The Morgan fingerprint density at radius 3 is 2.57 bits per heavy atom. The van der Waals surface area contributed by atoms with Gasteiger partial charge in [-0.05, 0) is 68.3 Å². The number of hydrogen-bond donors (Lipinski definition) is 1. The zero-order valence-corrected chi connectivity index (χ0v) is 13.6. The summed E-state index contributed by atoms with van der Waals surface area (Å²) in [6.07, 6.45) is 8.06. The van der Waals surface area contributed by atoms with Gasteiger partial charge < -0.3 is 5.32 Å². The summed E-state index contributed by atoms with van der Waals surface area (Å²) in [6.45, 7) is 0. The van der Waals surface area contributed by atoms with Crippen LogP contribution in [0, 0.1) is 5.92 Å². The van der Waals surface area contributed by atoms with Gasteiger partial charge in [-0.25, -0.2) is 8.42 Å². The van der Waals surface area contributed by atoms with Crippen molar-refractivity contribution in [3.63, 3.8) is 0 Å². The molecule has 0 aromatic heterocycles. The third-order valence-electron chi connectivity index (χ3n) is 5.17. The lowest BCUT2D eigenvalue weighted by atomic mass is 10.0. The van der Waals surface area contributed by atoms with Crippen LogP contribution in [0.5, 0.6) is 0 Å². The molecule has 0 aliphatic heterocycles. The minimum absolute atomic E-state index is 0.0887. The molecule has 1 aromatic carbocycles. The molecule has 3 rings (SSSR count). The van der Waals surface area contributed by atoms with E-state index in [-0.39, 0.29) is 11.8 Å². The second kappa shape index (κ2) is 6.09. The molecule has 3 nitrogen and oxygen atoms in total. The molecule has 1 unspecified atom stereocenters. The molecular formula is C17H25NO2S. The van der Waals surface area contributed by atoms with Gasteiger partial charge in [-0.3, -0.25) is 0 Å². The molecule has 1 aromatic rings. The summed E-state index contributed by atoms with van der Waals surface area (Å²) in [6, 6.07) is 5.82. The van der Waals surface area contributed by atoms with Crippen molar-refractivity contribution in [2.75, 3.05) is 12.8 Å². The van der Waals surface area contributed by atoms with Crippen LogP contribution in [0.4, 0.5) is 0 Å². The quantitative estimate of drug-likeness (QED) is 0.910. The number of rotatable bonds is 5. The number of sulfone groups is 1. The van der Waals surface area contributed by atoms with Gasteiger partial charge in [0.25, 0.3) is 0 Å². The second-order valence-electron chi connectivity index (χ2n) is 6.51. The van der Waals surface area contributed by atoms with Crippen LogP contribution < -0.4 is 5.32 Å². The normalized spacial score (nSPS) is 20.6. The molecule has 21 heavy (non-hydrogen) atoms. The van der Waals surface area contributed by atoms with Crippen LogP contribution in [-0.2, 0) is 22.7 Å². The van der Waals surface area contributed by atoms with Crippen LogP contribution >= 0.6 is 0 Å². The third kappa shape index (κ3) is 3.16. The lowest BCUT2D eigenvalue weighted by Gasteiger charge is -2.22. The summed E-state index contributed by atoms with van der Waals surface area (Å²) in [5, 5.41) is 3.24. The van der Waals surface area contributed by atoms with Crippen LogP contribution in [0.25, 0.3) is 0 Å². The average Bonchev–Trinajstić information content (AvgIpc) is 3.14. The van der Waals surface area contributed by atoms with Crippen LogP contribution in [0.3, 0.4) is 0 Å². The van der Waals surface area contributed by atoms with Crippen molar-refractivity contribution in [2.24, 2.45) is 5.92 Å². The van der Waals surface area contributed by atoms with Crippen molar-refractivity contribution in [2.45, 2.75) is 55.9 Å². The van der Waals surface area contributed by atoms with Gasteiger partial charge in [-0.1, -0.05) is 18.9 Å². The van der Waals surface area contributed by atoms with Gasteiger partial charge in [-0.2, -0.15) is 0 Å². The molecular weight excluding hydrogens is 282 g/mol. The zero-order chi connectivity index (χ0) is 14.9. The number of nitrogens with one attached hydrogen (secondary N) is 1. The molecule has 116 valence electrons. The molecule has 2 aliphatic carbocycles. The maximum absolute atomic E-state index is 12.7. The number of fused-ring (bicyclic) bond motifs is 1. The molecule has 4 heteroatoms. The van der Waals surface area contributed by atoms with E-state index in [1.54, 1.807) is 6.07 Å². The van der Waals surface area contributed by atoms with Crippen LogP contribution in [-0.4, -0.2) is 27.3 Å². The highest BCUT2D eigenvalue weighted by Gasteiger charge is 2.29. The van der Waals surface area contributed by atoms with Crippen molar-refractivity contribution in [1.82, 2.24) is 5.32 Å². The van der Waals surface area contributed by atoms with Gasteiger partial charge in [0.15, 0.2) is 9.84 Å². The van der Waals surface area contributed by atoms with E-state index in [9.17, 15) is 8.42 Å². The topological polar surface area (TPSA) is 46.2 Å². The Morgan fingerprint density at radius 1 is 1.14 bits per heavy atom. The Kier molecular flexibility index (Phi) is 4.36. The van der Waals surface area contributed by atoms with Crippen molar-refractivity contribution < 1.29 is 8.42 Å². The van der Waals surface area contributed by atoms with E-state index in [0.717, 1.165) is 32.1 Å². The molecule has 2 aliphatic rings. The summed E-state index contributed by atoms with van der Waals surface area (Å²) in [7, 11) is -1.30. The molecule has 0 amide bonds. The zero-order valence-electron chi connectivity index (χ0n) is 12.8. The Morgan fingerprint density at radius 2 is 1.86 bits per heavy atom. The van der Waals surface area contributed by atoms with Crippen molar-refractivity contribution in [1.29, 1.82) is 0 Å². The molecule has 0 saturated heterocycles. The largest absolute Gasteiger partial charge is 0.316 e. The van der Waals surface area contributed by atoms with Gasteiger partial charge in [0.2, 0.25) is 0 Å². The minimum Gasteiger partial charge on any atom is -0.316 e. The minimum atomic E-state index is -3.19. The maximum Gasteiger partial charge on any atom is 0.179 e. The van der Waals surface area contributed by atoms with E-state index in [1.165, 1.54) is 24.0 Å². The molecule has 1 atom stereocenters. The highest BCUT2D eigenvalue weighted by atomic mass is 32.2. The fraction of sp³-hybridized carbons (Fsp3) is 0.647. The lowest BCUT2D eigenvalue weighted by Crippen LogP contribution is -2.38. The van der Waals surface area contributed by atoms with Crippen LogP contribution in [0.1, 0.15) is 43.2 Å². The number of benzene rings is 1. The monoisotopic (exact) mass is 307 g/mol. The first-order chi connectivity index (χ1) is 10.1. The van der Waals surface area contributed by atoms with E-state index in [0.29, 0.717) is 10.8 Å². The number of aryl methyl sites for hydroxylation is 2. The van der Waals surface area contributed by atoms with Gasteiger partial charge >= 0.3 is 0 Å². The Hall–Kier alpha value is -0.870. The fourth-order valence-corrected chi connectivity index (χ4v) is 5.59. The van der Waals surface area contributed by atoms with Crippen molar-refractivity contribution >= 4 is 9.84 Å². The molecule has 0 spiro atoms. The molecule has 0 heterocycles. The maximum atomic E-state index is 12.7. The predicted molar refractivity (Wildman–Crippen MR) is 85.3 cm³/mol. The fourth-order valence-electron chi connectivity index (χ4n) is 3.89. The summed E-state index contributed by atoms with van der Waals surface area (Å²) in [5.41, 5.74) is 2.56. The van der Waals surface area contributed by atoms with Gasteiger partial charge in [0.1, 0.15) is 0 Å². The predicted octanol–water partition coefficient (Wildman–Crippen LogP) is 2.73. The van der Waals surface area contributed by atoms with Gasteiger partial charge in [0.05, 0.1) is 10.6 Å². The van der Waals surface area contributed by atoms with Gasteiger partial charge in [0, 0.05) is 6.04 Å². The van der Waals surface area contributed by atoms with E-state index in [2.05, 4.69) is 5.32 Å². The van der Waals surface area contributed by atoms with E-state index < -0.39 is 9.84 Å². The summed E-state index contributed by atoms with van der Waals surface area (Å²) in [4.78, 5) is 0.515. The molecule has 1 fully saturated rings.